The minimum Gasteiger partial charge on any atom is -0.474 e. The predicted molar refractivity (Wildman–Crippen MR) is 70.2 cm³/mol. The smallest absolute Gasteiger partial charge is 0.238 e. The first-order chi connectivity index (χ1) is 9.27. The van der Waals surface area contributed by atoms with Crippen molar-refractivity contribution in [3.8, 4) is 5.88 Å². The van der Waals surface area contributed by atoms with Gasteiger partial charge in [-0.25, -0.2) is 4.98 Å². The summed E-state index contributed by atoms with van der Waals surface area (Å²) in [7, 11) is 0. The summed E-state index contributed by atoms with van der Waals surface area (Å²) in [5.41, 5.74) is 0.775. The second kappa shape index (κ2) is 5.17. The first kappa shape index (κ1) is 12.4. The van der Waals surface area contributed by atoms with Crippen molar-refractivity contribution in [2.75, 3.05) is 24.7 Å². The number of hydrogen-bond acceptors (Lipinski definition) is 4. The summed E-state index contributed by atoms with van der Waals surface area (Å²) in [6.07, 6.45) is 3.51. The van der Waals surface area contributed by atoms with Gasteiger partial charge in [-0.2, -0.15) is 0 Å². The maximum absolute atomic E-state index is 12.7. The lowest BCUT2D eigenvalue weighted by Crippen LogP contribution is -2.46. The van der Waals surface area contributed by atoms with Crippen LogP contribution in [0, 0.1) is 5.92 Å². The van der Waals surface area contributed by atoms with Crippen LogP contribution in [0.5, 0.6) is 5.88 Å². The van der Waals surface area contributed by atoms with Crippen LogP contribution >= 0.6 is 0 Å². The van der Waals surface area contributed by atoms with Gasteiger partial charge in [0.15, 0.2) is 0 Å². The maximum Gasteiger partial charge on any atom is 0.238 e. The molecule has 5 nitrogen and oxygen atoms in total. The SMILES string of the molecule is C[C@@H]1OCCC[C@@H]1C(=O)N1CCOc2ncccc21. The van der Waals surface area contributed by atoms with Gasteiger partial charge in [0.05, 0.1) is 18.6 Å². The van der Waals surface area contributed by atoms with Crippen LogP contribution < -0.4 is 9.64 Å². The molecule has 0 N–H and O–H groups in total. The summed E-state index contributed by atoms with van der Waals surface area (Å²) < 4.78 is 11.1. The van der Waals surface area contributed by atoms with Crippen LogP contribution in [0.25, 0.3) is 0 Å². The Kier molecular flexibility index (Phi) is 3.38. The van der Waals surface area contributed by atoms with Gasteiger partial charge in [0.1, 0.15) is 12.3 Å². The third kappa shape index (κ3) is 2.30. The summed E-state index contributed by atoms with van der Waals surface area (Å²) in [5, 5.41) is 0. The van der Waals surface area contributed by atoms with Crippen LogP contribution in [0.4, 0.5) is 5.69 Å². The summed E-state index contributed by atoms with van der Waals surface area (Å²) in [6, 6.07) is 3.71. The molecule has 2 atom stereocenters. The van der Waals surface area contributed by atoms with E-state index >= 15 is 0 Å². The van der Waals surface area contributed by atoms with Crippen LogP contribution in [0.2, 0.25) is 0 Å². The molecule has 1 amide bonds. The van der Waals surface area contributed by atoms with E-state index in [-0.39, 0.29) is 17.9 Å². The number of aromatic nitrogens is 1. The van der Waals surface area contributed by atoms with Crippen LogP contribution in [-0.4, -0.2) is 36.8 Å². The molecule has 0 unspecified atom stereocenters. The zero-order valence-electron chi connectivity index (χ0n) is 11.0. The molecule has 3 rings (SSSR count). The van der Waals surface area contributed by atoms with E-state index in [9.17, 15) is 4.79 Å². The lowest BCUT2D eigenvalue weighted by molar-refractivity contribution is -0.130. The molecule has 5 heteroatoms. The standard InChI is InChI=1S/C14H18N2O3/c1-10-11(4-3-8-18-10)14(17)16-7-9-19-13-12(16)5-2-6-15-13/h2,5-6,10-11H,3-4,7-9H2,1H3/t10-,11-/m0/s1. The zero-order chi connectivity index (χ0) is 13.2. The molecule has 0 spiro atoms. The normalized spacial score (nSPS) is 26.5. The molecular formula is C14H18N2O3. The number of amides is 1. The summed E-state index contributed by atoms with van der Waals surface area (Å²) in [5.74, 6) is 0.621. The Labute approximate surface area is 112 Å². The van der Waals surface area contributed by atoms with E-state index in [0.29, 0.717) is 19.0 Å². The number of fused-ring (bicyclic) bond motifs is 1. The highest BCUT2D eigenvalue weighted by molar-refractivity contribution is 5.96. The lowest BCUT2D eigenvalue weighted by Gasteiger charge is -2.35. The first-order valence-electron chi connectivity index (χ1n) is 6.78. The van der Waals surface area contributed by atoms with Gasteiger partial charge >= 0.3 is 0 Å². The Morgan fingerprint density at radius 1 is 1.47 bits per heavy atom. The number of carbonyl (C=O) groups excluding carboxylic acids is 1. The number of hydrogen-bond donors (Lipinski definition) is 0. The monoisotopic (exact) mass is 262 g/mol. The Hall–Kier alpha value is -1.62. The molecule has 2 aliphatic rings. The second-order valence-corrected chi connectivity index (χ2v) is 4.99. The highest BCUT2D eigenvalue weighted by Gasteiger charge is 2.34. The van der Waals surface area contributed by atoms with Crippen LogP contribution in [-0.2, 0) is 9.53 Å². The fourth-order valence-electron chi connectivity index (χ4n) is 2.73. The topological polar surface area (TPSA) is 51.7 Å². The van der Waals surface area contributed by atoms with E-state index in [4.69, 9.17) is 9.47 Å². The molecule has 3 heterocycles. The van der Waals surface area contributed by atoms with E-state index in [1.807, 2.05) is 19.1 Å². The van der Waals surface area contributed by atoms with Gasteiger partial charge in [0.2, 0.25) is 11.8 Å². The van der Waals surface area contributed by atoms with Crippen molar-refractivity contribution < 1.29 is 14.3 Å². The summed E-state index contributed by atoms with van der Waals surface area (Å²) in [6.45, 7) is 3.82. The number of anilines is 1. The van der Waals surface area contributed by atoms with Gasteiger partial charge < -0.3 is 14.4 Å². The minimum absolute atomic E-state index is 0.00998. The molecule has 1 aromatic rings. The summed E-state index contributed by atoms with van der Waals surface area (Å²) in [4.78, 5) is 18.7. The highest BCUT2D eigenvalue weighted by atomic mass is 16.5. The molecular weight excluding hydrogens is 244 g/mol. The van der Waals surface area contributed by atoms with Crippen molar-refractivity contribution in [2.24, 2.45) is 5.92 Å². The molecule has 0 aliphatic carbocycles. The number of ether oxygens (including phenoxy) is 2. The maximum atomic E-state index is 12.7. The Balaban J connectivity index is 1.84. The number of pyridine rings is 1. The van der Waals surface area contributed by atoms with Gasteiger partial charge in [0, 0.05) is 12.8 Å². The number of nitrogens with zero attached hydrogens (tertiary/aromatic N) is 2. The fourth-order valence-corrected chi connectivity index (χ4v) is 2.73. The molecule has 0 aromatic carbocycles. The lowest BCUT2D eigenvalue weighted by atomic mass is 9.93. The van der Waals surface area contributed by atoms with E-state index in [0.717, 1.165) is 25.1 Å². The third-order valence-electron chi connectivity index (χ3n) is 3.79. The van der Waals surface area contributed by atoms with Gasteiger partial charge in [-0.1, -0.05) is 0 Å². The van der Waals surface area contributed by atoms with Crippen molar-refractivity contribution >= 4 is 11.6 Å². The quantitative estimate of drug-likeness (QED) is 0.771. The molecule has 0 saturated carbocycles. The molecule has 2 aliphatic heterocycles. The van der Waals surface area contributed by atoms with E-state index in [1.165, 1.54) is 0 Å². The molecule has 1 saturated heterocycles. The Morgan fingerprint density at radius 2 is 2.37 bits per heavy atom. The number of rotatable bonds is 1. The Bertz CT molecular complexity index is 478. The van der Waals surface area contributed by atoms with Gasteiger partial charge in [-0.05, 0) is 31.9 Å². The molecule has 0 bridgehead atoms. The van der Waals surface area contributed by atoms with E-state index in [2.05, 4.69) is 4.98 Å². The second-order valence-electron chi connectivity index (χ2n) is 4.99. The van der Waals surface area contributed by atoms with Crippen molar-refractivity contribution in [3.05, 3.63) is 18.3 Å². The van der Waals surface area contributed by atoms with Crippen LogP contribution in [0.15, 0.2) is 18.3 Å². The largest absolute Gasteiger partial charge is 0.474 e. The van der Waals surface area contributed by atoms with E-state index in [1.54, 1.807) is 11.1 Å². The minimum atomic E-state index is -0.0556. The molecule has 0 radical (unpaired) electrons. The number of carbonyl (C=O) groups is 1. The average Bonchev–Trinajstić information content (AvgIpc) is 2.46. The van der Waals surface area contributed by atoms with Gasteiger partial charge in [0.25, 0.3) is 0 Å². The average molecular weight is 262 g/mol. The van der Waals surface area contributed by atoms with Crippen molar-refractivity contribution in [2.45, 2.75) is 25.9 Å². The predicted octanol–water partition coefficient (Wildman–Crippen LogP) is 1.62. The third-order valence-corrected chi connectivity index (χ3v) is 3.79. The van der Waals surface area contributed by atoms with Crippen molar-refractivity contribution in [3.63, 3.8) is 0 Å². The van der Waals surface area contributed by atoms with Crippen LogP contribution in [0.1, 0.15) is 19.8 Å². The highest BCUT2D eigenvalue weighted by Crippen LogP contribution is 2.32. The Morgan fingerprint density at radius 3 is 3.21 bits per heavy atom. The first-order valence-corrected chi connectivity index (χ1v) is 6.78. The summed E-state index contributed by atoms with van der Waals surface area (Å²) >= 11 is 0. The van der Waals surface area contributed by atoms with Crippen molar-refractivity contribution in [1.29, 1.82) is 0 Å². The van der Waals surface area contributed by atoms with Gasteiger partial charge in [-0.3, -0.25) is 4.79 Å². The molecule has 19 heavy (non-hydrogen) atoms. The van der Waals surface area contributed by atoms with Crippen LogP contribution in [0.3, 0.4) is 0 Å². The molecule has 1 fully saturated rings. The molecule has 1 aromatic heterocycles. The van der Waals surface area contributed by atoms with Gasteiger partial charge in [-0.15, -0.1) is 0 Å². The van der Waals surface area contributed by atoms with E-state index < -0.39 is 0 Å². The fraction of sp³-hybridized carbons (Fsp3) is 0.571. The zero-order valence-corrected chi connectivity index (χ0v) is 11.0. The molecule has 102 valence electrons. The van der Waals surface area contributed by atoms with Crippen molar-refractivity contribution in [1.82, 2.24) is 4.98 Å².